The number of hydrogen-bond donors (Lipinski definition) is 2. The zero-order valence-corrected chi connectivity index (χ0v) is 14.3. The number of carbonyl (C=O) groups excluding carboxylic acids is 3. The Bertz CT molecular complexity index is 836. The second kappa shape index (κ2) is 7.69. The van der Waals surface area contributed by atoms with Gasteiger partial charge in [0.25, 0.3) is 0 Å². The standard InChI is InChI=1S/C19H19N3O4/c1-26-16-10-9-14(12-15(16)22-11-5-8-17(22)23)21-19(25)18(24)20-13-6-3-2-4-7-13/h2-4,6-7,9-10,12H,5,8,11H2,1H3,(H,20,24)(H,21,25). The first-order valence-corrected chi connectivity index (χ1v) is 8.24. The van der Waals surface area contributed by atoms with Crippen LogP contribution in [0.1, 0.15) is 12.8 Å². The van der Waals surface area contributed by atoms with Crippen LogP contribution >= 0.6 is 0 Å². The highest BCUT2D eigenvalue weighted by atomic mass is 16.5. The van der Waals surface area contributed by atoms with Gasteiger partial charge in [-0.1, -0.05) is 18.2 Å². The molecule has 0 aromatic heterocycles. The van der Waals surface area contributed by atoms with Crippen LogP contribution in [0.4, 0.5) is 17.1 Å². The van der Waals surface area contributed by atoms with Crippen LogP contribution < -0.4 is 20.3 Å². The fourth-order valence-electron chi connectivity index (χ4n) is 2.78. The summed E-state index contributed by atoms with van der Waals surface area (Å²) in [6, 6.07) is 13.6. The Morgan fingerprint density at radius 3 is 2.31 bits per heavy atom. The van der Waals surface area contributed by atoms with Crippen LogP contribution in [0.5, 0.6) is 5.75 Å². The summed E-state index contributed by atoms with van der Waals surface area (Å²) >= 11 is 0. The smallest absolute Gasteiger partial charge is 0.314 e. The van der Waals surface area contributed by atoms with Gasteiger partial charge in [0, 0.05) is 24.3 Å². The molecule has 134 valence electrons. The zero-order chi connectivity index (χ0) is 18.5. The van der Waals surface area contributed by atoms with Gasteiger partial charge in [-0.25, -0.2) is 0 Å². The predicted molar refractivity (Wildman–Crippen MR) is 98.3 cm³/mol. The third-order valence-electron chi connectivity index (χ3n) is 4.04. The van der Waals surface area contributed by atoms with Gasteiger partial charge < -0.3 is 20.3 Å². The van der Waals surface area contributed by atoms with Crippen molar-refractivity contribution in [1.82, 2.24) is 0 Å². The topological polar surface area (TPSA) is 87.7 Å². The summed E-state index contributed by atoms with van der Waals surface area (Å²) in [6.07, 6.45) is 1.26. The molecule has 3 rings (SSSR count). The van der Waals surface area contributed by atoms with E-state index in [1.54, 1.807) is 47.4 Å². The first-order valence-electron chi connectivity index (χ1n) is 8.24. The molecule has 3 amide bonds. The molecule has 1 heterocycles. The van der Waals surface area contributed by atoms with Crippen molar-refractivity contribution in [3.63, 3.8) is 0 Å². The molecule has 1 fully saturated rings. The number of carbonyl (C=O) groups is 3. The van der Waals surface area contributed by atoms with Gasteiger partial charge in [0.05, 0.1) is 12.8 Å². The largest absolute Gasteiger partial charge is 0.495 e. The number of rotatable bonds is 4. The minimum absolute atomic E-state index is 0.00796. The van der Waals surface area contributed by atoms with Gasteiger partial charge >= 0.3 is 11.8 Å². The fraction of sp³-hybridized carbons (Fsp3) is 0.211. The molecule has 26 heavy (non-hydrogen) atoms. The third-order valence-corrected chi connectivity index (χ3v) is 4.04. The Morgan fingerprint density at radius 2 is 1.69 bits per heavy atom. The average Bonchev–Trinajstić information content (AvgIpc) is 3.08. The Labute approximate surface area is 150 Å². The molecule has 0 aliphatic carbocycles. The highest BCUT2D eigenvalue weighted by Gasteiger charge is 2.25. The predicted octanol–water partition coefficient (Wildman–Crippen LogP) is 2.40. The van der Waals surface area contributed by atoms with Crippen LogP contribution in [0.15, 0.2) is 48.5 Å². The maximum absolute atomic E-state index is 12.1. The van der Waals surface area contributed by atoms with Crippen LogP contribution in [0.2, 0.25) is 0 Å². The molecule has 1 aliphatic rings. The van der Waals surface area contributed by atoms with Gasteiger partial charge in [-0.3, -0.25) is 14.4 Å². The average molecular weight is 353 g/mol. The maximum atomic E-state index is 12.1. The molecule has 0 bridgehead atoms. The Morgan fingerprint density at radius 1 is 1.00 bits per heavy atom. The summed E-state index contributed by atoms with van der Waals surface area (Å²) in [6.45, 7) is 0.598. The van der Waals surface area contributed by atoms with Crippen molar-refractivity contribution in [2.45, 2.75) is 12.8 Å². The molecule has 7 heteroatoms. The molecular formula is C19H19N3O4. The van der Waals surface area contributed by atoms with E-state index in [9.17, 15) is 14.4 Å². The number of nitrogens with zero attached hydrogens (tertiary/aromatic N) is 1. The lowest BCUT2D eigenvalue weighted by atomic mass is 10.2. The van der Waals surface area contributed by atoms with E-state index >= 15 is 0 Å². The number of ether oxygens (including phenoxy) is 1. The van der Waals surface area contributed by atoms with Gasteiger partial charge in [0.2, 0.25) is 5.91 Å². The molecule has 2 aromatic carbocycles. The monoisotopic (exact) mass is 353 g/mol. The van der Waals surface area contributed by atoms with Gasteiger partial charge in [-0.15, -0.1) is 0 Å². The number of amides is 3. The van der Waals surface area contributed by atoms with Crippen molar-refractivity contribution < 1.29 is 19.1 Å². The Balaban J connectivity index is 1.74. The summed E-state index contributed by atoms with van der Waals surface area (Å²) in [5.41, 5.74) is 1.52. The molecule has 2 N–H and O–H groups in total. The van der Waals surface area contributed by atoms with Crippen LogP contribution in [0.25, 0.3) is 0 Å². The maximum Gasteiger partial charge on any atom is 0.314 e. The SMILES string of the molecule is COc1ccc(NC(=O)C(=O)Nc2ccccc2)cc1N1CCCC1=O. The van der Waals surface area contributed by atoms with Crippen molar-refractivity contribution in [2.75, 3.05) is 29.2 Å². The van der Waals surface area contributed by atoms with E-state index in [0.717, 1.165) is 6.42 Å². The molecule has 7 nitrogen and oxygen atoms in total. The Kier molecular flexibility index (Phi) is 5.17. The summed E-state index contributed by atoms with van der Waals surface area (Å²) < 4.78 is 5.31. The van der Waals surface area contributed by atoms with E-state index in [-0.39, 0.29) is 5.91 Å². The van der Waals surface area contributed by atoms with Crippen molar-refractivity contribution in [3.8, 4) is 5.75 Å². The van der Waals surface area contributed by atoms with E-state index in [1.165, 1.54) is 7.11 Å². The van der Waals surface area contributed by atoms with Crippen molar-refractivity contribution in [1.29, 1.82) is 0 Å². The minimum atomic E-state index is -0.794. The normalized spacial score (nSPS) is 13.4. The van der Waals surface area contributed by atoms with Gasteiger partial charge in [-0.05, 0) is 36.8 Å². The zero-order valence-electron chi connectivity index (χ0n) is 14.3. The van der Waals surface area contributed by atoms with Crippen LogP contribution in [0, 0.1) is 0 Å². The lowest BCUT2D eigenvalue weighted by Gasteiger charge is -2.20. The molecule has 0 radical (unpaired) electrons. The lowest BCUT2D eigenvalue weighted by Crippen LogP contribution is -2.29. The van der Waals surface area contributed by atoms with Crippen molar-refractivity contribution >= 4 is 34.8 Å². The number of benzene rings is 2. The van der Waals surface area contributed by atoms with Gasteiger partial charge in [-0.2, -0.15) is 0 Å². The first-order chi connectivity index (χ1) is 12.6. The molecule has 0 spiro atoms. The van der Waals surface area contributed by atoms with Crippen LogP contribution in [0.3, 0.4) is 0 Å². The van der Waals surface area contributed by atoms with E-state index in [1.807, 2.05) is 6.07 Å². The van der Waals surface area contributed by atoms with Gasteiger partial charge in [0.1, 0.15) is 5.75 Å². The molecule has 0 atom stereocenters. The first kappa shape index (κ1) is 17.5. The number of hydrogen-bond acceptors (Lipinski definition) is 4. The van der Waals surface area contributed by atoms with E-state index < -0.39 is 11.8 Å². The second-order valence-corrected chi connectivity index (χ2v) is 5.81. The molecule has 1 aliphatic heterocycles. The van der Waals surface area contributed by atoms with Crippen molar-refractivity contribution in [3.05, 3.63) is 48.5 Å². The second-order valence-electron chi connectivity index (χ2n) is 5.81. The number of para-hydroxylation sites is 1. The number of anilines is 3. The highest BCUT2D eigenvalue weighted by Crippen LogP contribution is 2.34. The minimum Gasteiger partial charge on any atom is -0.495 e. The molecule has 1 saturated heterocycles. The molecule has 2 aromatic rings. The summed E-state index contributed by atoms with van der Waals surface area (Å²) in [7, 11) is 1.52. The summed E-state index contributed by atoms with van der Waals surface area (Å²) in [5, 5.41) is 5.07. The van der Waals surface area contributed by atoms with E-state index in [2.05, 4.69) is 10.6 Å². The van der Waals surface area contributed by atoms with E-state index in [4.69, 9.17) is 4.74 Å². The van der Waals surface area contributed by atoms with Crippen LogP contribution in [-0.2, 0) is 14.4 Å². The summed E-state index contributed by atoms with van der Waals surface area (Å²) in [4.78, 5) is 37.8. The number of methoxy groups -OCH3 is 1. The quantitative estimate of drug-likeness (QED) is 0.826. The lowest BCUT2D eigenvalue weighted by molar-refractivity contribution is -0.132. The Hall–Kier alpha value is -3.35. The molecule has 0 unspecified atom stereocenters. The summed E-state index contributed by atoms with van der Waals surface area (Å²) in [5.74, 6) is -1.02. The third kappa shape index (κ3) is 3.83. The van der Waals surface area contributed by atoms with Gasteiger partial charge in [0.15, 0.2) is 0 Å². The fourth-order valence-corrected chi connectivity index (χ4v) is 2.78. The van der Waals surface area contributed by atoms with Crippen LogP contribution in [-0.4, -0.2) is 31.4 Å². The van der Waals surface area contributed by atoms with Crippen molar-refractivity contribution in [2.24, 2.45) is 0 Å². The van der Waals surface area contributed by atoms with E-state index in [0.29, 0.717) is 35.8 Å². The highest BCUT2D eigenvalue weighted by molar-refractivity contribution is 6.43. The number of nitrogens with one attached hydrogen (secondary N) is 2. The molecule has 0 saturated carbocycles. The molecular weight excluding hydrogens is 334 g/mol.